The van der Waals surface area contributed by atoms with E-state index in [2.05, 4.69) is 19.2 Å². The number of benzene rings is 3. The van der Waals surface area contributed by atoms with Gasteiger partial charge in [0.05, 0.1) is 10.6 Å². The average molecular weight is 578 g/mol. The molecular formula is C33H43N3O4S. The molecule has 0 saturated carbocycles. The maximum absolute atomic E-state index is 14.0. The summed E-state index contributed by atoms with van der Waals surface area (Å²) in [4.78, 5) is 28.7. The quantitative estimate of drug-likeness (QED) is 0.254. The molecule has 220 valence electrons. The van der Waals surface area contributed by atoms with Crippen LogP contribution in [0.25, 0.3) is 0 Å². The lowest BCUT2D eigenvalue weighted by Crippen LogP contribution is -2.51. The second-order valence-corrected chi connectivity index (χ2v) is 12.8. The highest BCUT2D eigenvalue weighted by Gasteiger charge is 2.32. The number of carbonyl (C=O) groups is 2. The predicted molar refractivity (Wildman–Crippen MR) is 165 cm³/mol. The highest BCUT2D eigenvalue weighted by molar-refractivity contribution is 7.92. The molecule has 2 amide bonds. The Morgan fingerprint density at radius 3 is 1.93 bits per heavy atom. The molecule has 0 heterocycles. The highest BCUT2D eigenvalue weighted by atomic mass is 32.2. The summed E-state index contributed by atoms with van der Waals surface area (Å²) in [6.07, 6.45) is 1.77. The van der Waals surface area contributed by atoms with Gasteiger partial charge in [-0.05, 0) is 68.5 Å². The second-order valence-electron chi connectivity index (χ2n) is 10.9. The number of amides is 2. The standard InChI is InChI=1S/C33H43N3O4S/c1-7-8-21-34-33(38)27(6)35(22-28-13-9-25(4)10-14-28)32(37)23-36(30-17-15-29(16-18-30)24(2)3)41(39,40)31-19-11-26(5)12-20-31/h9-20,24,27H,7-8,21-23H2,1-6H3,(H,34,38)/t27-/m1/s1. The van der Waals surface area contributed by atoms with Crippen molar-refractivity contribution in [3.63, 3.8) is 0 Å². The molecule has 0 aromatic heterocycles. The Balaban J connectivity index is 2.01. The van der Waals surface area contributed by atoms with Gasteiger partial charge in [0.25, 0.3) is 10.0 Å². The maximum atomic E-state index is 14.0. The topological polar surface area (TPSA) is 86.8 Å². The van der Waals surface area contributed by atoms with Crippen molar-refractivity contribution in [2.24, 2.45) is 0 Å². The fourth-order valence-electron chi connectivity index (χ4n) is 4.40. The van der Waals surface area contributed by atoms with Crippen LogP contribution in [0.1, 0.15) is 68.7 Å². The zero-order chi connectivity index (χ0) is 30.2. The van der Waals surface area contributed by atoms with E-state index >= 15 is 0 Å². The molecule has 8 heteroatoms. The van der Waals surface area contributed by atoms with Crippen LogP contribution in [0.2, 0.25) is 0 Å². The minimum absolute atomic E-state index is 0.0966. The first kappa shape index (κ1) is 31.9. The van der Waals surface area contributed by atoms with Crippen LogP contribution in [0.5, 0.6) is 0 Å². The zero-order valence-electron chi connectivity index (χ0n) is 25.1. The fraction of sp³-hybridized carbons (Fsp3) is 0.394. The third-order valence-electron chi connectivity index (χ3n) is 7.21. The average Bonchev–Trinajstić information content (AvgIpc) is 2.95. The summed E-state index contributed by atoms with van der Waals surface area (Å²) < 4.78 is 29.1. The van der Waals surface area contributed by atoms with Crippen molar-refractivity contribution in [1.82, 2.24) is 10.2 Å². The molecule has 0 aliphatic carbocycles. The number of hydrogen-bond donors (Lipinski definition) is 1. The van der Waals surface area contributed by atoms with E-state index in [9.17, 15) is 18.0 Å². The molecule has 41 heavy (non-hydrogen) atoms. The van der Waals surface area contributed by atoms with Crippen LogP contribution in [0, 0.1) is 13.8 Å². The first-order valence-corrected chi connectivity index (χ1v) is 15.7. The number of nitrogens with zero attached hydrogens (tertiary/aromatic N) is 2. The number of hydrogen-bond acceptors (Lipinski definition) is 4. The molecule has 0 saturated heterocycles. The molecule has 0 bridgehead atoms. The van der Waals surface area contributed by atoms with E-state index in [1.165, 1.54) is 4.90 Å². The summed E-state index contributed by atoms with van der Waals surface area (Å²) in [5.74, 6) is -0.467. The highest BCUT2D eigenvalue weighted by Crippen LogP contribution is 2.27. The summed E-state index contributed by atoms with van der Waals surface area (Å²) >= 11 is 0. The summed E-state index contributed by atoms with van der Waals surface area (Å²) in [6.45, 7) is 12.0. The van der Waals surface area contributed by atoms with Crippen LogP contribution in [-0.2, 0) is 26.2 Å². The van der Waals surface area contributed by atoms with E-state index in [0.717, 1.165) is 39.4 Å². The van der Waals surface area contributed by atoms with Crippen molar-refractivity contribution >= 4 is 27.5 Å². The minimum atomic E-state index is -4.09. The molecule has 0 radical (unpaired) electrons. The molecule has 0 spiro atoms. The van der Waals surface area contributed by atoms with Gasteiger partial charge in [0.2, 0.25) is 11.8 Å². The molecule has 0 unspecified atom stereocenters. The Bertz CT molecular complexity index is 1400. The van der Waals surface area contributed by atoms with Crippen molar-refractivity contribution in [1.29, 1.82) is 0 Å². The lowest BCUT2D eigenvalue weighted by Gasteiger charge is -2.32. The Morgan fingerprint density at radius 1 is 0.829 bits per heavy atom. The van der Waals surface area contributed by atoms with Gasteiger partial charge >= 0.3 is 0 Å². The van der Waals surface area contributed by atoms with Gasteiger partial charge in [-0.1, -0.05) is 86.8 Å². The van der Waals surface area contributed by atoms with Crippen LogP contribution in [-0.4, -0.2) is 44.3 Å². The number of carbonyl (C=O) groups excluding carboxylic acids is 2. The molecule has 3 aromatic rings. The molecule has 0 aliphatic heterocycles. The number of rotatable bonds is 13. The first-order chi connectivity index (χ1) is 19.4. The summed E-state index contributed by atoms with van der Waals surface area (Å²) in [5, 5.41) is 2.91. The molecule has 3 rings (SSSR count). The molecule has 7 nitrogen and oxygen atoms in total. The smallest absolute Gasteiger partial charge is 0.264 e. The van der Waals surface area contributed by atoms with E-state index in [4.69, 9.17) is 0 Å². The second kappa shape index (κ2) is 14.3. The summed E-state index contributed by atoms with van der Waals surface area (Å²) in [7, 11) is -4.09. The Hall–Kier alpha value is -3.65. The van der Waals surface area contributed by atoms with Crippen LogP contribution in [0.15, 0.2) is 77.7 Å². The lowest BCUT2D eigenvalue weighted by atomic mass is 10.0. The molecule has 3 aromatic carbocycles. The molecule has 1 N–H and O–H groups in total. The third-order valence-corrected chi connectivity index (χ3v) is 8.99. The van der Waals surface area contributed by atoms with E-state index in [-0.39, 0.29) is 23.3 Å². The summed E-state index contributed by atoms with van der Waals surface area (Å²) in [5.41, 5.74) is 4.31. The van der Waals surface area contributed by atoms with E-state index in [1.807, 2.05) is 57.2 Å². The van der Waals surface area contributed by atoms with Crippen LogP contribution in [0.4, 0.5) is 5.69 Å². The number of unbranched alkanes of at least 4 members (excludes halogenated alkanes) is 1. The molecule has 1 atom stereocenters. The van der Waals surface area contributed by atoms with Crippen molar-refractivity contribution < 1.29 is 18.0 Å². The van der Waals surface area contributed by atoms with Crippen molar-refractivity contribution in [3.8, 4) is 0 Å². The van der Waals surface area contributed by atoms with E-state index < -0.39 is 28.5 Å². The maximum Gasteiger partial charge on any atom is 0.264 e. The van der Waals surface area contributed by atoms with Gasteiger partial charge in [0.1, 0.15) is 12.6 Å². The molecule has 0 aliphatic rings. The van der Waals surface area contributed by atoms with Crippen molar-refractivity contribution in [2.75, 3.05) is 17.4 Å². The van der Waals surface area contributed by atoms with Gasteiger partial charge in [0, 0.05) is 13.1 Å². The van der Waals surface area contributed by atoms with E-state index in [0.29, 0.717) is 12.2 Å². The van der Waals surface area contributed by atoms with Gasteiger partial charge in [0.15, 0.2) is 0 Å². The Kier molecular flexibility index (Phi) is 11.1. The number of nitrogens with one attached hydrogen (secondary N) is 1. The monoisotopic (exact) mass is 577 g/mol. The van der Waals surface area contributed by atoms with E-state index in [1.54, 1.807) is 43.3 Å². The van der Waals surface area contributed by atoms with Gasteiger partial charge in [-0.25, -0.2) is 8.42 Å². The SMILES string of the molecule is CCCCNC(=O)[C@@H](C)N(Cc1ccc(C)cc1)C(=O)CN(c1ccc(C(C)C)cc1)S(=O)(=O)c1ccc(C)cc1. The zero-order valence-corrected chi connectivity index (χ0v) is 25.9. The van der Waals surface area contributed by atoms with Gasteiger partial charge in [-0.2, -0.15) is 0 Å². The third kappa shape index (κ3) is 8.43. The van der Waals surface area contributed by atoms with Gasteiger partial charge in [-0.3, -0.25) is 13.9 Å². The normalized spacial score (nSPS) is 12.2. The van der Waals surface area contributed by atoms with Crippen LogP contribution in [0.3, 0.4) is 0 Å². The number of aryl methyl sites for hydroxylation is 2. The largest absolute Gasteiger partial charge is 0.354 e. The van der Waals surface area contributed by atoms with Crippen molar-refractivity contribution in [2.45, 2.75) is 77.8 Å². The van der Waals surface area contributed by atoms with Gasteiger partial charge < -0.3 is 10.2 Å². The van der Waals surface area contributed by atoms with Crippen LogP contribution < -0.4 is 9.62 Å². The molecular weight excluding hydrogens is 534 g/mol. The first-order valence-electron chi connectivity index (χ1n) is 14.3. The number of sulfonamides is 1. The van der Waals surface area contributed by atoms with Crippen LogP contribution >= 0.6 is 0 Å². The van der Waals surface area contributed by atoms with Gasteiger partial charge in [-0.15, -0.1) is 0 Å². The Morgan fingerprint density at radius 2 is 1.39 bits per heavy atom. The number of anilines is 1. The summed E-state index contributed by atoms with van der Waals surface area (Å²) in [6, 6.07) is 20.8. The van der Waals surface area contributed by atoms with Crippen molar-refractivity contribution in [3.05, 3.63) is 95.1 Å². The predicted octanol–water partition coefficient (Wildman–Crippen LogP) is 5.96. The lowest BCUT2D eigenvalue weighted by molar-refractivity contribution is -0.139. The minimum Gasteiger partial charge on any atom is -0.354 e. The fourth-order valence-corrected chi connectivity index (χ4v) is 5.81. The molecule has 0 fully saturated rings. The Labute approximate surface area is 245 Å².